The van der Waals surface area contributed by atoms with Gasteiger partial charge in [0.15, 0.2) is 0 Å². The Morgan fingerprint density at radius 1 is 1.00 bits per heavy atom. The average Bonchev–Trinajstić information content (AvgIpc) is 2.78. The van der Waals surface area contributed by atoms with Crippen LogP contribution in [0.3, 0.4) is 0 Å². The van der Waals surface area contributed by atoms with Gasteiger partial charge in [0.25, 0.3) is 5.56 Å². The minimum Gasteiger partial charge on any atom is -0.497 e. The number of hydrogen-bond acceptors (Lipinski definition) is 3. The van der Waals surface area contributed by atoms with Crippen LogP contribution in [0, 0.1) is 5.82 Å². The van der Waals surface area contributed by atoms with Crippen LogP contribution < -0.4 is 10.3 Å². The van der Waals surface area contributed by atoms with Crippen LogP contribution in [0.25, 0.3) is 22.3 Å². The van der Waals surface area contributed by atoms with Gasteiger partial charge in [-0.2, -0.15) is 13.2 Å². The Bertz CT molecular complexity index is 1330. The largest absolute Gasteiger partial charge is 0.497 e. The second kappa shape index (κ2) is 8.45. The van der Waals surface area contributed by atoms with Crippen molar-refractivity contribution < 1.29 is 22.3 Å². The van der Waals surface area contributed by atoms with Crippen LogP contribution in [0.15, 0.2) is 71.5 Å². The van der Waals surface area contributed by atoms with Gasteiger partial charge >= 0.3 is 6.18 Å². The van der Waals surface area contributed by atoms with E-state index in [1.165, 1.54) is 4.57 Å². The lowest BCUT2D eigenvalue weighted by Gasteiger charge is -2.18. The molecule has 8 heteroatoms. The molecule has 0 fully saturated rings. The van der Waals surface area contributed by atoms with E-state index in [1.807, 2.05) is 12.1 Å². The summed E-state index contributed by atoms with van der Waals surface area (Å²) in [5.74, 6) is -0.511. The standard InChI is InChI=1S/C24H18F4N2O2/c1-32-17-9-6-15(7-10-17)12-13-30-22(29-21-5-3-2-4-19(21)23(30)31)18-11-8-16(25)14-20(18)24(26,27)28/h2-11,14H,12-13H2,1H3. The first kappa shape index (κ1) is 21.5. The molecule has 4 aromatic rings. The fraction of sp³-hybridized carbons (Fsp3) is 0.167. The molecule has 0 spiro atoms. The number of ether oxygens (including phenoxy) is 1. The van der Waals surface area contributed by atoms with Crippen molar-refractivity contribution in [3.8, 4) is 17.1 Å². The Morgan fingerprint density at radius 2 is 1.72 bits per heavy atom. The number of benzene rings is 3. The maximum atomic E-state index is 13.7. The van der Waals surface area contributed by atoms with Crippen LogP contribution in [-0.4, -0.2) is 16.7 Å². The van der Waals surface area contributed by atoms with Crippen molar-refractivity contribution in [1.29, 1.82) is 0 Å². The molecular formula is C24H18F4N2O2. The number of aromatic nitrogens is 2. The van der Waals surface area contributed by atoms with E-state index in [0.29, 0.717) is 23.6 Å². The van der Waals surface area contributed by atoms with Gasteiger partial charge in [-0.15, -0.1) is 0 Å². The minimum atomic E-state index is -4.82. The average molecular weight is 442 g/mol. The molecule has 0 radical (unpaired) electrons. The molecule has 164 valence electrons. The normalized spacial score (nSPS) is 11.7. The van der Waals surface area contributed by atoms with Crippen molar-refractivity contribution in [2.75, 3.05) is 7.11 Å². The highest BCUT2D eigenvalue weighted by Crippen LogP contribution is 2.37. The minimum absolute atomic E-state index is 0.0903. The van der Waals surface area contributed by atoms with Crippen LogP contribution in [0.4, 0.5) is 17.6 Å². The maximum absolute atomic E-state index is 13.7. The third kappa shape index (κ3) is 4.21. The van der Waals surface area contributed by atoms with E-state index in [1.54, 1.807) is 43.5 Å². The van der Waals surface area contributed by atoms with Crippen molar-refractivity contribution >= 4 is 10.9 Å². The summed E-state index contributed by atoms with van der Waals surface area (Å²) in [6.45, 7) is 0.0903. The third-order valence-corrected chi connectivity index (χ3v) is 5.17. The van der Waals surface area contributed by atoms with E-state index in [0.717, 1.165) is 17.7 Å². The van der Waals surface area contributed by atoms with Crippen LogP contribution >= 0.6 is 0 Å². The van der Waals surface area contributed by atoms with Gasteiger partial charge in [-0.05, 0) is 54.4 Å². The van der Waals surface area contributed by atoms with E-state index < -0.39 is 23.1 Å². The highest BCUT2D eigenvalue weighted by Gasteiger charge is 2.35. The number of aryl methyl sites for hydroxylation is 1. The number of methoxy groups -OCH3 is 1. The summed E-state index contributed by atoms with van der Waals surface area (Å²) in [6, 6.07) is 16.0. The maximum Gasteiger partial charge on any atom is 0.417 e. The summed E-state index contributed by atoms with van der Waals surface area (Å²) < 4.78 is 61.1. The summed E-state index contributed by atoms with van der Waals surface area (Å²) >= 11 is 0. The number of nitrogens with zero attached hydrogens (tertiary/aromatic N) is 2. The Labute approximate surface area is 180 Å². The quantitative estimate of drug-likeness (QED) is 0.385. The Kier molecular flexibility index (Phi) is 5.69. The lowest BCUT2D eigenvalue weighted by atomic mass is 10.0. The molecule has 32 heavy (non-hydrogen) atoms. The summed E-state index contributed by atoms with van der Waals surface area (Å²) in [4.78, 5) is 17.6. The fourth-order valence-electron chi connectivity index (χ4n) is 3.56. The Morgan fingerprint density at radius 3 is 2.41 bits per heavy atom. The molecule has 1 aromatic heterocycles. The number of halogens is 4. The number of hydrogen-bond donors (Lipinski definition) is 0. The molecule has 0 unspecified atom stereocenters. The van der Waals surface area contributed by atoms with Crippen LogP contribution in [-0.2, 0) is 19.1 Å². The zero-order chi connectivity index (χ0) is 22.9. The highest BCUT2D eigenvalue weighted by atomic mass is 19.4. The molecule has 3 aromatic carbocycles. The molecule has 0 bridgehead atoms. The number of para-hydroxylation sites is 1. The van der Waals surface area contributed by atoms with Gasteiger partial charge in [-0.25, -0.2) is 9.37 Å². The van der Waals surface area contributed by atoms with Gasteiger partial charge in [-0.3, -0.25) is 9.36 Å². The fourth-order valence-corrected chi connectivity index (χ4v) is 3.56. The van der Waals surface area contributed by atoms with Crippen LogP contribution in [0.1, 0.15) is 11.1 Å². The van der Waals surface area contributed by atoms with Crippen molar-refractivity contribution in [2.24, 2.45) is 0 Å². The van der Waals surface area contributed by atoms with Gasteiger partial charge in [-0.1, -0.05) is 24.3 Å². The van der Waals surface area contributed by atoms with Crippen molar-refractivity contribution in [2.45, 2.75) is 19.1 Å². The topological polar surface area (TPSA) is 44.1 Å². The highest BCUT2D eigenvalue weighted by molar-refractivity contribution is 5.80. The monoisotopic (exact) mass is 442 g/mol. The van der Waals surface area contributed by atoms with E-state index in [2.05, 4.69) is 4.98 Å². The number of rotatable bonds is 5. The van der Waals surface area contributed by atoms with Crippen molar-refractivity contribution in [3.05, 3.63) is 94.0 Å². The Hall–Kier alpha value is -3.68. The lowest BCUT2D eigenvalue weighted by molar-refractivity contribution is -0.137. The molecule has 0 saturated heterocycles. The first-order valence-electron chi connectivity index (χ1n) is 9.77. The summed E-state index contributed by atoms with van der Waals surface area (Å²) in [5, 5.41) is 0.293. The molecule has 0 N–H and O–H groups in total. The van der Waals surface area contributed by atoms with Gasteiger partial charge in [0.1, 0.15) is 17.4 Å². The van der Waals surface area contributed by atoms with E-state index >= 15 is 0 Å². The third-order valence-electron chi connectivity index (χ3n) is 5.17. The smallest absolute Gasteiger partial charge is 0.417 e. The van der Waals surface area contributed by atoms with Crippen molar-refractivity contribution in [3.63, 3.8) is 0 Å². The van der Waals surface area contributed by atoms with Crippen LogP contribution in [0.2, 0.25) is 0 Å². The number of alkyl halides is 3. The zero-order valence-electron chi connectivity index (χ0n) is 17.0. The van der Waals surface area contributed by atoms with Gasteiger partial charge in [0.2, 0.25) is 0 Å². The molecule has 4 nitrogen and oxygen atoms in total. The second-order valence-corrected chi connectivity index (χ2v) is 7.20. The molecule has 0 saturated carbocycles. The van der Waals surface area contributed by atoms with Gasteiger partial charge in [0, 0.05) is 12.1 Å². The molecular weight excluding hydrogens is 424 g/mol. The molecule has 0 aliphatic rings. The van der Waals surface area contributed by atoms with E-state index in [4.69, 9.17) is 4.74 Å². The summed E-state index contributed by atoms with van der Waals surface area (Å²) in [7, 11) is 1.54. The van der Waals surface area contributed by atoms with Crippen molar-refractivity contribution in [1.82, 2.24) is 9.55 Å². The first-order valence-corrected chi connectivity index (χ1v) is 9.77. The molecule has 0 aliphatic carbocycles. The summed E-state index contributed by atoms with van der Waals surface area (Å²) in [5.41, 5.74) is -0.858. The Balaban J connectivity index is 1.88. The molecule has 0 aliphatic heterocycles. The molecule has 0 amide bonds. The summed E-state index contributed by atoms with van der Waals surface area (Å²) in [6.07, 6.45) is -4.44. The zero-order valence-corrected chi connectivity index (χ0v) is 17.0. The van der Waals surface area contributed by atoms with Crippen LogP contribution in [0.5, 0.6) is 5.75 Å². The number of fused-ring (bicyclic) bond motifs is 1. The van der Waals surface area contributed by atoms with E-state index in [9.17, 15) is 22.4 Å². The van der Waals surface area contributed by atoms with E-state index in [-0.39, 0.29) is 23.4 Å². The molecule has 1 heterocycles. The lowest BCUT2D eigenvalue weighted by Crippen LogP contribution is -2.25. The van der Waals surface area contributed by atoms with Gasteiger partial charge in [0.05, 0.1) is 23.6 Å². The predicted octanol–water partition coefficient (Wildman–Crippen LogP) is 5.47. The predicted molar refractivity (Wildman–Crippen MR) is 113 cm³/mol. The first-order chi connectivity index (χ1) is 15.3. The van der Waals surface area contributed by atoms with Gasteiger partial charge < -0.3 is 4.74 Å². The SMILES string of the molecule is COc1ccc(CCn2c(-c3ccc(F)cc3C(F)(F)F)nc3ccccc3c2=O)cc1. The molecule has 4 rings (SSSR count). The second-order valence-electron chi connectivity index (χ2n) is 7.20. The molecule has 0 atom stereocenters.